The van der Waals surface area contributed by atoms with Crippen molar-refractivity contribution in [1.29, 1.82) is 0 Å². The molecule has 2 N–H and O–H groups in total. The van der Waals surface area contributed by atoms with Crippen molar-refractivity contribution in [1.82, 2.24) is 5.32 Å². The van der Waals surface area contributed by atoms with Gasteiger partial charge >= 0.3 is 11.8 Å². The van der Waals surface area contributed by atoms with Crippen molar-refractivity contribution < 1.29 is 9.59 Å². The molecule has 0 radical (unpaired) electrons. The molecule has 1 aliphatic rings. The number of anilines is 1. The summed E-state index contributed by atoms with van der Waals surface area (Å²) >= 11 is 0. The molecule has 0 aromatic heterocycles. The first-order valence-electron chi connectivity index (χ1n) is 7.66. The predicted molar refractivity (Wildman–Crippen MR) is 84.1 cm³/mol. The number of benzene rings is 1. The van der Waals surface area contributed by atoms with Gasteiger partial charge in [0.25, 0.3) is 0 Å². The fraction of sp³-hybridized carbons (Fsp3) is 0.529. The average Bonchev–Trinajstić information content (AvgIpc) is 2.45. The summed E-state index contributed by atoms with van der Waals surface area (Å²) in [6.07, 6.45) is 4.41. The van der Waals surface area contributed by atoms with Crippen LogP contribution in [0.4, 0.5) is 5.69 Å². The van der Waals surface area contributed by atoms with Crippen LogP contribution in [0.5, 0.6) is 0 Å². The molecule has 1 aliphatic carbocycles. The molecule has 1 saturated carbocycles. The van der Waals surface area contributed by atoms with Crippen LogP contribution in [0, 0.1) is 19.8 Å². The van der Waals surface area contributed by atoms with Crippen molar-refractivity contribution in [2.75, 3.05) is 5.32 Å². The lowest BCUT2D eigenvalue weighted by molar-refractivity contribution is -0.137. The van der Waals surface area contributed by atoms with Crippen LogP contribution < -0.4 is 10.6 Å². The van der Waals surface area contributed by atoms with Crippen molar-refractivity contribution in [2.24, 2.45) is 5.92 Å². The van der Waals surface area contributed by atoms with E-state index >= 15 is 0 Å². The van der Waals surface area contributed by atoms with E-state index in [1.165, 1.54) is 6.42 Å². The van der Waals surface area contributed by atoms with Gasteiger partial charge in [-0.15, -0.1) is 0 Å². The van der Waals surface area contributed by atoms with E-state index in [2.05, 4.69) is 17.6 Å². The van der Waals surface area contributed by atoms with Gasteiger partial charge in [0, 0.05) is 11.7 Å². The molecule has 0 bridgehead atoms. The molecule has 0 aliphatic heterocycles. The van der Waals surface area contributed by atoms with Crippen molar-refractivity contribution in [3.8, 4) is 0 Å². The number of nitrogens with one attached hydrogen (secondary N) is 2. The number of aryl methyl sites for hydroxylation is 2. The second-order valence-electron chi connectivity index (χ2n) is 6.09. The lowest BCUT2D eigenvalue weighted by atomic mass is 9.86. The van der Waals surface area contributed by atoms with Crippen LogP contribution in [0.15, 0.2) is 18.2 Å². The monoisotopic (exact) mass is 288 g/mol. The summed E-state index contributed by atoms with van der Waals surface area (Å²) in [5.74, 6) is -0.680. The zero-order chi connectivity index (χ0) is 15.4. The van der Waals surface area contributed by atoms with Crippen molar-refractivity contribution in [3.63, 3.8) is 0 Å². The highest BCUT2D eigenvalue weighted by atomic mass is 16.2. The first-order chi connectivity index (χ1) is 9.97. The fourth-order valence-electron chi connectivity index (χ4n) is 2.77. The SMILES string of the molecule is Cc1ccc(NC(=O)C(=O)NC2CCCCC2C)cc1C. The summed E-state index contributed by atoms with van der Waals surface area (Å²) in [5, 5.41) is 5.53. The van der Waals surface area contributed by atoms with Gasteiger partial charge in [-0.2, -0.15) is 0 Å². The van der Waals surface area contributed by atoms with Gasteiger partial charge < -0.3 is 10.6 Å². The molecule has 0 heterocycles. The lowest BCUT2D eigenvalue weighted by Crippen LogP contribution is -2.45. The van der Waals surface area contributed by atoms with Crippen molar-refractivity contribution in [3.05, 3.63) is 29.3 Å². The Kier molecular flexibility index (Phi) is 4.99. The Balaban J connectivity index is 1.93. The maximum Gasteiger partial charge on any atom is 0.313 e. The van der Waals surface area contributed by atoms with E-state index in [1.54, 1.807) is 0 Å². The Morgan fingerprint density at radius 2 is 1.76 bits per heavy atom. The van der Waals surface area contributed by atoms with E-state index in [4.69, 9.17) is 0 Å². The average molecular weight is 288 g/mol. The van der Waals surface area contributed by atoms with Crippen LogP contribution in [0.25, 0.3) is 0 Å². The van der Waals surface area contributed by atoms with Gasteiger partial charge in [-0.25, -0.2) is 0 Å². The van der Waals surface area contributed by atoms with E-state index in [1.807, 2.05) is 32.0 Å². The standard InChI is InChI=1S/C17H24N2O2/c1-11-8-9-14(10-13(11)3)18-16(20)17(21)19-15-7-5-4-6-12(15)2/h8-10,12,15H,4-7H2,1-3H3,(H,18,20)(H,19,21). The molecule has 114 valence electrons. The molecular weight excluding hydrogens is 264 g/mol. The summed E-state index contributed by atoms with van der Waals surface area (Å²) in [7, 11) is 0. The molecule has 1 aromatic carbocycles. The topological polar surface area (TPSA) is 58.2 Å². The zero-order valence-electron chi connectivity index (χ0n) is 13.0. The predicted octanol–water partition coefficient (Wildman–Crippen LogP) is 2.94. The van der Waals surface area contributed by atoms with Crippen molar-refractivity contribution in [2.45, 2.75) is 52.5 Å². The third-order valence-electron chi connectivity index (χ3n) is 4.40. The summed E-state index contributed by atoms with van der Waals surface area (Å²) in [6, 6.07) is 5.75. The minimum atomic E-state index is -0.587. The molecule has 4 nitrogen and oxygen atoms in total. The molecule has 2 rings (SSSR count). The van der Waals surface area contributed by atoms with Gasteiger partial charge in [-0.1, -0.05) is 25.8 Å². The quantitative estimate of drug-likeness (QED) is 0.822. The highest BCUT2D eigenvalue weighted by molar-refractivity contribution is 6.39. The maximum atomic E-state index is 12.0. The van der Waals surface area contributed by atoms with Crippen LogP contribution in [0.3, 0.4) is 0 Å². The van der Waals surface area contributed by atoms with E-state index < -0.39 is 11.8 Å². The van der Waals surface area contributed by atoms with Crippen LogP contribution >= 0.6 is 0 Å². The van der Waals surface area contributed by atoms with Crippen LogP contribution in [-0.2, 0) is 9.59 Å². The second kappa shape index (κ2) is 6.74. The van der Waals surface area contributed by atoms with E-state index in [0.29, 0.717) is 11.6 Å². The Labute approximate surface area is 126 Å². The molecule has 2 atom stereocenters. The smallest absolute Gasteiger partial charge is 0.313 e. The number of carbonyl (C=O) groups excluding carboxylic acids is 2. The first kappa shape index (κ1) is 15.5. The number of hydrogen-bond acceptors (Lipinski definition) is 2. The van der Waals surface area contributed by atoms with Crippen LogP contribution in [0.1, 0.15) is 43.7 Å². The number of amides is 2. The first-order valence-corrected chi connectivity index (χ1v) is 7.66. The van der Waals surface area contributed by atoms with Gasteiger partial charge in [0.2, 0.25) is 0 Å². The van der Waals surface area contributed by atoms with Gasteiger partial charge in [0.05, 0.1) is 0 Å². The van der Waals surface area contributed by atoms with E-state index in [9.17, 15) is 9.59 Å². The van der Waals surface area contributed by atoms with E-state index in [0.717, 1.165) is 30.4 Å². The number of carbonyl (C=O) groups is 2. The molecule has 0 spiro atoms. The summed E-state index contributed by atoms with van der Waals surface area (Å²) < 4.78 is 0. The summed E-state index contributed by atoms with van der Waals surface area (Å²) in [5.41, 5.74) is 2.91. The molecular formula is C17H24N2O2. The third kappa shape index (κ3) is 4.06. The Hall–Kier alpha value is -1.84. The molecule has 4 heteroatoms. The number of rotatable bonds is 2. The fourth-order valence-corrected chi connectivity index (χ4v) is 2.77. The van der Waals surface area contributed by atoms with Gasteiger partial charge in [-0.05, 0) is 55.9 Å². The van der Waals surface area contributed by atoms with Crippen molar-refractivity contribution >= 4 is 17.5 Å². The molecule has 1 aromatic rings. The molecule has 2 unspecified atom stereocenters. The van der Waals surface area contributed by atoms with Gasteiger partial charge in [0.15, 0.2) is 0 Å². The van der Waals surface area contributed by atoms with Gasteiger partial charge in [-0.3, -0.25) is 9.59 Å². The Morgan fingerprint density at radius 1 is 1.05 bits per heavy atom. The molecule has 0 saturated heterocycles. The summed E-state index contributed by atoms with van der Waals surface area (Å²) in [4.78, 5) is 24.0. The normalized spacial score (nSPS) is 21.7. The lowest BCUT2D eigenvalue weighted by Gasteiger charge is -2.29. The molecule has 1 fully saturated rings. The van der Waals surface area contributed by atoms with E-state index in [-0.39, 0.29) is 6.04 Å². The highest BCUT2D eigenvalue weighted by Crippen LogP contribution is 2.23. The second-order valence-corrected chi connectivity index (χ2v) is 6.09. The summed E-state index contributed by atoms with van der Waals surface area (Å²) in [6.45, 7) is 6.12. The van der Waals surface area contributed by atoms with Gasteiger partial charge in [0.1, 0.15) is 0 Å². The minimum Gasteiger partial charge on any atom is -0.345 e. The maximum absolute atomic E-state index is 12.0. The van der Waals surface area contributed by atoms with Crippen LogP contribution in [-0.4, -0.2) is 17.9 Å². The third-order valence-corrected chi connectivity index (χ3v) is 4.40. The largest absolute Gasteiger partial charge is 0.345 e. The molecule has 21 heavy (non-hydrogen) atoms. The Bertz CT molecular complexity index is 540. The number of hydrogen-bond donors (Lipinski definition) is 2. The Morgan fingerprint density at radius 3 is 2.43 bits per heavy atom. The minimum absolute atomic E-state index is 0.122. The zero-order valence-corrected chi connectivity index (χ0v) is 13.0. The highest BCUT2D eigenvalue weighted by Gasteiger charge is 2.25. The van der Waals surface area contributed by atoms with Crippen LogP contribution in [0.2, 0.25) is 0 Å². The molecule has 2 amide bonds.